The molecule has 0 amide bonds. The van der Waals surface area contributed by atoms with Gasteiger partial charge in [0.2, 0.25) is 5.95 Å². The van der Waals surface area contributed by atoms with E-state index < -0.39 is 0 Å². The summed E-state index contributed by atoms with van der Waals surface area (Å²) in [7, 11) is 1.62. The average Bonchev–Trinajstić information content (AvgIpc) is 2.40. The van der Waals surface area contributed by atoms with E-state index in [2.05, 4.69) is 22.2 Å². The van der Waals surface area contributed by atoms with Crippen LogP contribution < -0.4 is 10.1 Å². The summed E-state index contributed by atoms with van der Waals surface area (Å²) in [5, 5.41) is 3.28. The van der Waals surface area contributed by atoms with Crippen LogP contribution in [0.3, 0.4) is 0 Å². The molecule has 0 radical (unpaired) electrons. The first-order chi connectivity index (χ1) is 8.78. The van der Waals surface area contributed by atoms with Crippen LogP contribution in [0.2, 0.25) is 0 Å². The first-order valence-corrected chi connectivity index (χ1v) is 6.88. The summed E-state index contributed by atoms with van der Waals surface area (Å²) in [4.78, 5) is 8.40. The SMILES string of the molecule is COc1cnc(NCCC2CCCC(C)C2)nc1. The Morgan fingerprint density at radius 2 is 2.11 bits per heavy atom. The smallest absolute Gasteiger partial charge is 0.222 e. The van der Waals surface area contributed by atoms with Crippen LogP contribution in [0, 0.1) is 11.8 Å². The van der Waals surface area contributed by atoms with E-state index in [-0.39, 0.29) is 0 Å². The summed E-state index contributed by atoms with van der Waals surface area (Å²) in [6, 6.07) is 0. The zero-order chi connectivity index (χ0) is 12.8. The van der Waals surface area contributed by atoms with Gasteiger partial charge >= 0.3 is 0 Å². The van der Waals surface area contributed by atoms with Gasteiger partial charge in [-0.15, -0.1) is 0 Å². The molecule has 0 saturated heterocycles. The molecule has 1 fully saturated rings. The predicted octanol–water partition coefficient (Wildman–Crippen LogP) is 3.11. The van der Waals surface area contributed by atoms with E-state index in [1.165, 1.54) is 32.1 Å². The van der Waals surface area contributed by atoms with Crippen molar-refractivity contribution in [1.82, 2.24) is 9.97 Å². The van der Waals surface area contributed by atoms with Crippen molar-refractivity contribution in [1.29, 1.82) is 0 Å². The Kier molecular flexibility index (Phi) is 4.79. The average molecular weight is 249 g/mol. The normalized spacial score (nSPS) is 23.7. The van der Waals surface area contributed by atoms with Crippen molar-refractivity contribution in [2.75, 3.05) is 19.0 Å². The fourth-order valence-corrected chi connectivity index (χ4v) is 2.72. The molecule has 1 aliphatic carbocycles. The van der Waals surface area contributed by atoms with Crippen molar-refractivity contribution in [2.45, 2.75) is 39.0 Å². The van der Waals surface area contributed by atoms with Crippen LogP contribution in [0.5, 0.6) is 5.75 Å². The highest BCUT2D eigenvalue weighted by atomic mass is 16.5. The molecular formula is C14H23N3O. The molecule has 1 saturated carbocycles. The molecule has 4 heteroatoms. The highest BCUT2D eigenvalue weighted by Gasteiger charge is 2.18. The largest absolute Gasteiger partial charge is 0.494 e. The third-order valence-corrected chi connectivity index (χ3v) is 3.74. The van der Waals surface area contributed by atoms with Crippen molar-refractivity contribution in [3.8, 4) is 5.75 Å². The van der Waals surface area contributed by atoms with Gasteiger partial charge in [0.15, 0.2) is 5.75 Å². The number of nitrogens with zero attached hydrogens (tertiary/aromatic N) is 2. The summed E-state index contributed by atoms with van der Waals surface area (Å²) in [5.41, 5.74) is 0. The molecule has 0 spiro atoms. The summed E-state index contributed by atoms with van der Waals surface area (Å²) < 4.78 is 5.03. The van der Waals surface area contributed by atoms with E-state index in [1.54, 1.807) is 19.5 Å². The van der Waals surface area contributed by atoms with Crippen LogP contribution in [0.1, 0.15) is 39.0 Å². The molecule has 0 aromatic carbocycles. The molecular weight excluding hydrogens is 226 g/mol. The minimum absolute atomic E-state index is 0.694. The summed E-state index contributed by atoms with van der Waals surface area (Å²) in [5.74, 6) is 3.17. The van der Waals surface area contributed by atoms with Gasteiger partial charge < -0.3 is 10.1 Å². The van der Waals surface area contributed by atoms with E-state index >= 15 is 0 Å². The minimum Gasteiger partial charge on any atom is -0.494 e. The summed E-state index contributed by atoms with van der Waals surface area (Å²) in [6.45, 7) is 3.33. The molecule has 1 N–H and O–H groups in total. The molecule has 1 aromatic heterocycles. The van der Waals surface area contributed by atoms with E-state index in [1.807, 2.05) is 0 Å². The minimum atomic E-state index is 0.694. The van der Waals surface area contributed by atoms with E-state index in [0.29, 0.717) is 11.7 Å². The van der Waals surface area contributed by atoms with Gasteiger partial charge in [-0.2, -0.15) is 0 Å². The third kappa shape index (κ3) is 3.86. The van der Waals surface area contributed by atoms with Gasteiger partial charge in [-0.05, 0) is 24.7 Å². The number of methoxy groups -OCH3 is 1. The molecule has 1 aromatic rings. The molecule has 1 aliphatic rings. The van der Waals surface area contributed by atoms with Crippen LogP contribution in [0.25, 0.3) is 0 Å². The molecule has 0 bridgehead atoms. The Labute approximate surface area is 109 Å². The van der Waals surface area contributed by atoms with E-state index in [0.717, 1.165) is 18.4 Å². The number of ether oxygens (including phenoxy) is 1. The van der Waals surface area contributed by atoms with E-state index in [9.17, 15) is 0 Å². The van der Waals surface area contributed by atoms with Gasteiger partial charge in [-0.3, -0.25) is 0 Å². The zero-order valence-corrected chi connectivity index (χ0v) is 11.4. The van der Waals surface area contributed by atoms with Gasteiger partial charge in [-0.25, -0.2) is 9.97 Å². The second-order valence-electron chi connectivity index (χ2n) is 5.30. The van der Waals surface area contributed by atoms with Gasteiger partial charge in [0, 0.05) is 6.54 Å². The van der Waals surface area contributed by atoms with Gasteiger partial charge in [-0.1, -0.05) is 26.2 Å². The number of rotatable bonds is 5. The van der Waals surface area contributed by atoms with Crippen molar-refractivity contribution in [3.63, 3.8) is 0 Å². The number of aromatic nitrogens is 2. The topological polar surface area (TPSA) is 47.0 Å². The monoisotopic (exact) mass is 249 g/mol. The van der Waals surface area contributed by atoms with Gasteiger partial charge in [0.05, 0.1) is 19.5 Å². The maximum atomic E-state index is 5.03. The number of anilines is 1. The van der Waals surface area contributed by atoms with Crippen LogP contribution in [0.15, 0.2) is 12.4 Å². The molecule has 100 valence electrons. The maximum Gasteiger partial charge on any atom is 0.222 e. The van der Waals surface area contributed by atoms with Crippen molar-refractivity contribution in [3.05, 3.63) is 12.4 Å². The molecule has 4 nitrogen and oxygen atoms in total. The number of hydrogen-bond donors (Lipinski definition) is 1. The lowest BCUT2D eigenvalue weighted by Crippen LogP contribution is -2.17. The standard InChI is InChI=1S/C14H23N3O/c1-11-4-3-5-12(8-11)6-7-15-14-16-9-13(18-2)10-17-14/h9-12H,3-8H2,1-2H3,(H,15,16,17). The Hall–Kier alpha value is -1.32. The number of hydrogen-bond acceptors (Lipinski definition) is 4. The Morgan fingerprint density at radius 1 is 1.33 bits per heavy atom. The van der Waals surface area contributed by atoms with E-state index in [4.69, 9.17) is 4.74 Å². The lowest BCUT2D eigenvalue weighted by Gasteiger charge is -2.26. The zero-order valence-electron chi connectivity index (χ0n) is 11.4. The predicted molar refractivity (Wildman–Crippen MR) is 72.8 cm³/mol. The Morgan fingerprint density at radius 3 is 2.78 bits per heavy atom. The van der Waals surface area contributed by atoms with Gasteiger partial charge in [0.25, 0.3) is 0 Å². The summed E-state index contributed by atoms with van der Waals surface area (Å²) >= 11 is 0. The molecule has 18 heavy (non-hydrogen) atoms. The van der Waals surface area contributed by atoms with Crippen LogP contribution in [-0.4, -0.2) is 23.6 Å². The summed E-state index contributed by atoms with van der Waals surface area (Å²) in [6.07, 6.45) is 10.2. The first-order valence-electron chi connectivity index (χ1n) is 6.88. The first kappa shape index (κ1) is 13.1. The van der Waals surface area contributed by atoms with Crippen molar-refractivity contribution < 1.29 is 4.74 Å². The van der Waals surface area contributed by atoms with Crippen molar-refractivity contribution in [2.24, 2.45) is 11.8 Å². The lowest BCUT2D eigenvalue weighted by atomic mass is 9.81. The molecule has 2 unspecified atom stereocenters. The molecule has 0 aliphatic heterocycles. The highest BCUT2D eigenvalue weighted by Crippen LogP contribution is 2.30. The second-order valence-corrected chi connectivity index (χ2v) is 5.30. The maximum absolute atomic E-state index is 5.03. The molecule has 2 atom stereocenters. The third-order valence-electron chi connectivity index (χ3n) is 3.74. The quantitative estimate of drug-likeness (QED) is 0.871. The fourth-order valence-electron chi connectivity index (χ4n) is 2.72. The molecule has 2 rings (SSSR count). The highest BCUT2D eigenvalue weighted by molar-refractivity contribution is 5.26. The van der Waals surface area contributed by atoms with Crippen LogP contribution in [-0.2, 0) is 0 Å². The number of nitrogens with one attached hydrogen (secondary N) is 1. The fraction of sp³-hybridized carbons (Fsp3) is 0.714. The van der Waals surface area contributed by atoms with Crippen molar-refractivity contribution >= 4 is 5.95 Å². The lowest BCUT2D eigenvalue weighted by molar-refractivity contribution is 0.274. The van der Waals surface area contributed by atoms with Crippen LogP contribution >= 0.6 is 0 Å². The molecule has 1 heterocycles. The Balaban J connectivity index is 1.70. The van der Waals surface area contributed by atoms with Crippen LogP contribution in [0.4, 0.5) is 5.95 Å². The second kappa shape index (κ2) is 6.57. The Bertz CT molecular complexity index is 353. The van der Waals surface area contributed by atoms with Gasteiger partial charge in [0.1, 0.15) is 0 Å².